The summed E-state index contributed by atoms with van der Waals surface area (Å²) in [5.74, 6) is 0. The molecule has 40 heavy (non-hydrogen) atoms. The van der Waals surface area contributed by atoms with Gasteiger partial charge in [0.05, 0.1) is 25.0 Å². The van der Waals surface area contributed by atoms with E-state index >= 15 is 0 Å². The molecule has 6 nitrogen and oxygen atoms in total. The number of hydrogen-bond donors (Lipinski definition) is 0. The van der Waals surface area contributed by atoms with Gasteiger partial charge in [0, 0.05) is 0 Å². The molecular weight excluding hydrogens is 504 g/mol. The highest BCUT2D eigenvalue weighted by Gasteiger charge is 2.49. The standard InChI is InChI=1S/C34H30O6/c1-37-31(35)39-21-33(27-15-7-3-11-23(27)24-12-4-8-16-28(24)33)19-20-34(22-40-32(36)38-2)29-17-9-5-13-25(29)26-14-6-10-18-30(26)34/h3-18H,19-22H2,1-2H3. The molecule has 202 valence electrons. The fourth-order valence-electron chi connectivity index (χ4n) is 6.73. The Hall–Kier alpha value is -4.58. The molecule has 0 amide bonds. The minimum atomic E-state index is -0.721. The molecule has 0 bridgehead atoms. The van der Waals surface area contributed by atoms with E-state index in [4.69, 9.17) is 18.9 Å². The van der Waals surface area contributed by atoms with Gasteiger partial charge in [-0.15, -0.1) is 0 Å². The van der Waals surface area contributed by atoms with Crippen molar-refractivity contribution in [3.63, 3.8) is 0 Å². The smallest absolute Gasteiger partial charge is 0.438 e. The molecule has 4 aromatic rings. The Morgan fingerprint density at radius 3 is 1.05 bits per heavy atom. The summed E-state index contributed by atoms with van der Waals surface area (Å²) < 4.78 is 21.2. The van der Waals surface area contributed by atoms with Crippen LogP contribution in [0, 0.1) is 0 Å². The third kappa shape index (κ3) is 3.94. The van der Waals surface area contributed by atoms with Gasteiger partial charge in [-0.2, -0.15) is 0 Å². The number of hydrogen-bond acceptors (Lipinski definition) is 6. The van der Waals surface area contributed by atoms with Crippen molar-refractivity contribution in [1.82, 2.24) is 0 Å². The van der Waals surface area contributed by atoms with Crippen LogP contribution in [0.1, 0.15) is 35.1 Å². The highest BCUT2D eigenvalue weighted by Crippen LogP contribution is 2.56. The largest absolute Gasteiger partial charge is 0.508 e. The number of methoxy groups -OCH3 is 2. The molecule has 4 aromatic carbocycles. The van der Waals surface area contributed by atoms with Gasteiger partial charge >= 0.3 is 12.3 Å². The van der Waals surface area contributed by atoms with Gasteiger partial charge in [0.1, 0.15) is 13.2 Å². The van der Waals surface area contributed by atoms with Gasteiger partial charge in [-0.05, 0) is 57.3 Å². The highest BCUT2D eigenvalue weighted by molar-refractivity contribution is 5.83. The number of rotatable bonds is 7. The summed E-state index contributed by atoms with van der Waals surface area (Å²) in [6.07, 6.45) is -0.209. The second-order valence-electron chi connectivity index (χ2n) is 10.3. The molecule has 0 heterocycles. The van der Waals surface area contributed by atoms with E-state index in [9.17, 15) is 9.59 Å². The van der Waals surface area contributed by atoms with Crippen LogP contribution in [0.3, 0.4) is 0 Å². The van der Waals surface area contributed by atoms with Crippen LogP contribution in [0.25, 0.3) is 22.3 Å². The summed E-state index contributed by atoms with van der Waals surface area (Å²) in [6, 6.07) is 33.1. The van der Waals surface area contributed by atoms with Crippen LogP contribution in [-0.4, -0.2) is 39.7 Å². The minimum absolute atomic E-state index is 0.116. The van der Waals surface area contributed by atoms with E-state index in [1.54, 1.807) is 0 Å². The van der Waals surface area contributed by atoms with Gasteiger partial charge in [0.15, 0.2) is 0 Å². The summed E-state index contributed by atoms with van der Waals surface area (Å²) in [7, 11) is 2.63. The van der Waals surface area contributed by atoms with Crippen LogP contribution in [0.4, 0.5) is 9.59 Å². The fourth-order valence-corrected chi connectivity index (χ4v) is 6.73. The van der Waals surface area contributed by atoms with E-state index in [2.05, 4.69) is 48.5 Å². The van der Waals surface area contributed by atoms with Crippen molar-refractivity contribution in [3.05, 3.63) is 119 Å². The van der Waals surface area contributed by atoms with E-state index in [1.807, 2.05) is 48.5 Å². The van der Waals surface area contributed by atoms with E-state index in [0.29, 0.717) is 12.8 Å². The second kappa shape index (κ2) is 10.2. The first-order chi connectivity index (χ1) is 19.5. The van der Waals surface area contributed by atoms with E-state index in [0.717, 1.165) is 44.5 Å². The first-order valence-electron chi connectivity index (χ1n) is 13.3. The Morgan fingerprint density at radius 1 is 0.500 bits per heavy atom. The number of fused-ring (bicyclic) bond motifs is 6. The Morgan fingerprint density at radius 2 is 0.775 bits per heavy atom. The lowest BCUT2D eigenvalue weighted by atomic mass is 9.68. The van der Waals surface area contributed by atoms with Crippen molar-refractivity contribution in [1.29, 1.82) is 0 Å². The number of carbonyl (C=O) groups is 2. The Kier molecular flexibility index (Phi) is 6.54. The summed E-state index contributed by atoms with van der Waals surface area (Å²) in [4.78, 5) is 24.6. The molecule has 0 fully saturated rings. The topological polar surface area (TPSA) is 71.1 Å². The third-order valence-electron chi connectivity index (χ3n) is 8.54. The van der Waals surface area contributed by atoms with Crippen LogP contribution in [0.2, 0.25) is 0 Å². The van der Waals surface area contributed by atoms with Gasteiger partial charge < -0.3 is 18.9 Å². The second-order valence-corrected chi connectivity index (χ2v) is 10.3. The molecule has 0 unspecified atom stereocenters. The molecule has 0 atom stereocenters. The van der Waals surface area contributed by atoms with Crippen LogP contribution in [0.5, 0.6) is 0 Å². The van der Waals surface area contributed by atoms with E-state index in [1.165, 1.54) is 14.2 Å². The van der Waals surface area contributed by atoms with Gasteiger partial charge in [0.25, 0.3) is 0 Å². The van der Waals surface area contributed by atoms with Crippen molar-refractivity contribution in [2.45, 2.75) is 23.7 Å². The zero-order valence-electron chi connectivity index (χ0n) is 22.5. The van der Waals surface area contributed by atoms with Crippen molar-refractivity contribution in [2.24, 2.45) is 0 Å². The quantitative estimate of drug-likeness (QED) is 0.232. The summed E-state index contributed by atoms with van der Waals surface area (Å²) in [5.41, 5.74) is 7.63. The zero-order chi connectivity index (χ0) is 27.7. The monoisotopic (exact) mass is 534 g/mol. The van der Waals surface area contributed by atoms with Crippen molar-refractivity contribution in [2.75, 3.05) is 27.4 Å². The average molecular weight is 535 g/mol. The predicted octanol–water partition coefficient (Wildman–Crippen LogP) is 7.27. The summed E-state index contributed by atoms with van der Waals surface area (Å²) in [6.45, 7) is 0.232. The Balaban J connectivity index is 1.50. The molecule has 6 heteroatoms. The Labute approximate surface area is 233 Å². The summed E-state index contributed by atoms with van der Waals surface area (Å²) >= 11 is 0. The van der Waals surface area contributed by atoms with Gasteiger partial charge in [-0.1, -0.05) is 97.1 Å². The lowest BCUT2D eigenvalue weighted by Gasteiger charge is -2.37. The number of ether oxygens (including phenoxy) is 4. The molecule has 6 rings (SSSR count). The molecule has 0 aromatic heterocycles. The first kappa shape index (κ1) is 25.7. The van der Waals surface area contributed by atoms with Gasteiger partial charge in [0.2, 0.25) is 0 Å². The molecule has 2 aliphatic rings. The normalized spacial score (nSPS) is 14.8. The lowest BCUT2D eigenvalue weighted by Crippen LogP contribution is -2.38. The SMILES string of the molecule is COC(=O)OCC1(CCC2(COC(=O)OC)c3ccccc3-c3ccccc32)c2ccccc2-c2ccccc21. The minimum Gasteiger partial charge on any atom is -0.438 e. The number of carbonyl (C=O) groups excluding carboxylic acids is 2. The maximum Gasteiger partial charge on any atom is 0.508 e. The Bertz CT molecular complexity index is 1380. The van der Waals surface area contributed by atoms with Crippen molar-refractivity contribution < 1.29 is 28.5 Å². The molecule has 0 radical (unpaired) electrons. The van der Waals surface area contributed by atoms with Crippen LogP contribution in [-0.2, 0) is 29.8 Å². The molecule has 0 saturated carbocycles. The van der Waals surface area contributed by atoms with Crippen molar-refractivity contribution >= 4 is 12.3 Å². The van der Waals surface area contributed by atoms with Crippen molar-refractivity contribution in [3.8, 4) is 22.3 Å². The molecule has 0 saturated heterocycles. The maximum atomic E-state index is 12.3. The van der Waals surface area contributed by atoms with Gasteiger partial charge in [-0.3, -0.25) is 0 Å². The molecule has 0 aliphatic heterocycles. The summed E-state index contributed by atoms with van der Waals surface area (Å²) in [5, 5.41) is 0. The zero-order valence-corrected chi connectivity index (χ0v) is 22.5. The van der Waals surface area contributed by atoms with Crippen LogP contribution < -0.4 is 0 Å². The highest BCUT2D eigenvalue weighted by atomic mass is 16.7. The fraction of sp³-hybridized carbons (Fsp3) is 0.235. The molecule has 2 aliphatic carbocycles. The molecule has 0 N–H and O–H groups in total. The number of benzene rings is 4. The molecular formula is C34H30O6. The van der Waals surface area contributed by atoms with Gasteiger partial charge in [-0.25, -0.2) is 9.59 Å². The predicted molar refractivity (Wildman–Crippen MR) is 151 cm³/mol. The van der Waals surface area contributed by atoms with Crippen LogP contribution >= 0.6 is 0 Å². The lowest BCUT2D eigenvalue weighted by molar-refractivity contribution is 0.0486. The molecule has 0 spiro atoms. The average Bonchev–Trinajstić information content (AvgIpc) is 3.46. The van der Waals surface area contributed by atoms with Crippen LogP contribution in [0.15, 0.2) is 97.1 Å². The maximum absolute atomic E-state index is 12.3. The first-order valence-corrected chi connectivity index (χ1v) is 13.3. The third-order valence-corrected chi connectivity index (χ3v) is 8.54. The van der Waals surface area contributed by atoms with E-state index < -0.39 is 23.1 Å². The van der Waals surface area contributed by atoms with E-state index in [-0.39, 0.29) is 13.2 Å².